The summed E-state index contributed by atoms with van der Waals surface area (Å²) in [4.78, 5) is 13.6. The minimum absolute atomic E-state index is 0.461. The summed E-state index contributed by atoms with van der Waals surface area (Å²) in [6.07, 6.45) is 6.55. The van der Waals surface area contributed by atoms with Gasteiger partial charge in [0.2, 0.25) is 0 Å². The topological polar surface area (TPSA) is 20.3 Å². The van der Waals surface area contributed by atoms with Gasteiger partial charge in [0.25, 0.3) is 0 Å². The van der Waals surface area contributed by atoms with E-state index in [2.05, 4.69) is 4.90 Å². The van der Waals surface area contributed by atoms with Gasteiger partial charge in [-0.3, -0.25) is 9.69 Å². The van der Waals surface area contributed by atoms with Crippen molar-refractivity contribution in [3.63, 3.8) is 0 Å². The molecule has 1 saturated heterocycles. The van der Waals surface area contributed by atoms with E-state index in [0.29, 0.717) is 5.78 Å². The van der Waals surface area contributed by atoms with Gasteiger partial charge < -0.3 is 0 Å². The predicted molar refractivity (Wildman–Crippen MR) is 50.4 cm³/mol. The van der Waals surface area contributed by atoms with Gasteiger partial charge >= 0.3 is 0 Å². The van der Waals surface area contributed by atoms with Gasteiger partial charge in [0.15, 0.2) is 0 Å². The van der Waals surface area contributed by atoms with Crippen molar-refractivity contribution in [3.05, 3.63) is 0 Å². The van der Waals surface area contributed by atoms with Gasteiger partial charge in [-0.15, -0.1) is 0 Å². The average molecular weight is 179 g/mol. The van der Waals surface area contributed by atoms with Crippen molar-refractivity contribution in [1.82, 2.24) is 4.90 Å². The number of carbonyl (C=O) groups excluding carboxylic acids is 1. The van der Waals surface area contributed by atoms with Crippen LogP contribution in [-0.4, -0.2) is 29.8 Å². The second kappa shape index (κ2) is 2.81. The van der Waals surface area contributed by atoms with Crippen LogP contribution in [0.5, 0.6) is 0 Å². The Morgan fingerprint density at radius 2 is 2.15 bits per heavy atom. The molecule has 2 nitrogen and oxygen atoms in total. The first-order valence-corrected chi connectivity index (χ1v) is 5.58. The third-order valence-corrected chi connectivity index (χ3v) is 4.23. The van der Waals surface area contributed by atoms with Gasteiger partial charge in [0.05, 0.1) is 6.54 Å². The van der Waals surface area contributed by atoms with Crippen LogP contribution in [0.2, 0.25) is 0 Å². The maximum absolute atomic E-state index is 11.2. The first kappa shape index (κ1) is 7.98. The monoisotopic (exact) mass is 179 g/mol. The summed E-state index contributed by atoms with van der Waals surface area (Å²) >= 11 is 0. The van der Waals surface area contributed by atoms with E-state index in [0.717, 1.165) is 37.4 Å². The second-order valence-corrected chi connectivity index (χ2v) is 5.00. The maximum Gasteiger partial charge on any atom is 0.148 e. The standard InChI is InChI=1S/C11H17NO/c13-10-3-4-12(7-10)11-6-8-1-2-9(11)5-8/h8-9,11H,1-7H2. The van der Waals surface area contributed by atoms with Crippen molar-refractivity contribution < 1.29 is 4.79 Å². The lowest BCUT2D eigenvalue weighted by Crippen LogP contribution is -2.37. The first-order valence-electron chi connectivity index (χ1n) is 5.58. The van der Waals surface area contributed by atoms with Crippen LogP contribution in [0.1, 0.15) is 32.1 Å². The van der Waals surface area contributed by atoms with Crippen molar-refractivity contribution >= 4 is 5.78 Å². The number of carbonyl (C=O) groups is 1. The lowest BCUT2D eigenvalue weighted by Gasteiger charge is -2.30. The van der Waals surface area contributed by atoms with Crippen LogP contribution in [-0.2, 0) is 4.79 Å². The number of likely N-dealkylation sites (tertiary alicyclic amines) is 1. The number of ketones is 1. The lowest BCUT2D eigenvalue weighted by molar-refractivity contribution is -0.117. The van der Waals surface area contributed by atoms with E-state index in [1.165, 1.54) is 25.7 Å². The minimum Gasteiger partial charge on any atom is -0.298 e. The highest BCUT2D eigenvalue weighted by Crippen LogP contribution is 2.46. The smallest absolute Gasteiger partial charge is 0.148 e. The lowest BCUT2D eigenvalue weighted by atomic mass is 9.94. The van der Waals surface area contributed by atoms with Crippen LogP contribution in [0.25, 0.3) is 0 Å². The molecule has 0 N–H and O–H groups in total. The third-order valence-electron chi connectivity index (χ3n) is 4.23. The van der Waals surface area contributed by atoms with Gasteiger partial charge in [-0.2, -0.15) is 0 Å². The summed E-state index contributed by atoms with van der Waals surface area (Å²) in [7, 11) is 0. The van der Waals surface area contributed by atoms with Gasteiger partial charge in [-0.05, 0) is 31.1 Å². The molecule has 2 heteroatoms. The molecule has 0 amide bonds. The summed E-state index contributed by atoms with van der Waals surface area (Å²) in [5.41, 5.74) is 0. The molecular weight excluding hydrogens is 162 g/mol. The van der Waals surface area contributed by atoms with Crippen LogP contribution in [0, 0.1) is 11.8 Å². The Bertz CT molecular complexity index is 238. The summed E-state index contributed by atoms with van der Waals surface area (Å²) in [6, 6.07) is 0.783. The Hall–Kier alpha value is -0.370. The predicted octanol–water partition coefficient (Wildman–Crippen LogP) is 1.45. The van der Waals surface area contributed by atoms with Crippen molar-refractivity contribution in [2.45, 2.75) is 38.1 Å². The van der Waals surface area contributed by atoms with Gasteiger partial charge in [0, 0.05) is 19.0 Å². The zero-order chi connectivity index (χ0) is 8.84. The highest BCUT2D eigenvalue weighted by atomic mass is 16.1. The Morgan fingerprint density at radius 1 is 1.23 bits per heavy atom. The molecule has 0 aromatic rings. The van der Waals surface area contributed by atoms with E-state index in [1.807, 2.05) is 0 Å². The van der Waals surface area contributed by atoms with Crippen LogP contribution in [0.15, 0.2) is 0 Å². The number of nitrogens with zero attached hydrogens (tertiary/aromatic N) is 1. The van der Waals surface area contributed by atoms with E-state index >= 15 is 0 Å². The molecule has 3 atom stereocenters. The Morgan fingerprint density at radius 3 is 2.69 bits per heavy atom. The van der Waals surface area contributed by atoms with Crippen LogP contribution in [0.4, 0.5) is 0 Å². The van der Waals surface area contributed by atoms with Gasteiger partial charge in [-0.25, -0.2) is 0 Å². The normalized spacial score (nSPS) is 44.9. The largest absolute Gasteiger partial charge is 0.298 e. The molecule has 13 heavy (non-hydrogen) atoms. The van der Waals surface area contributed by atoms with Gasteiger partial charge in [0.1, 0.15) is 5.78 Å². The molecule has 3 rings (SSSR count). The fourth-order valence-corrected chi connectivity index (χ4v) is 3.59. The summed E-state index contributed by atoms with van der Waals surface area (Å²) in [6.45, 7) is 1.81. The molecule has 1 heterocycles. The molecule has 2 aliphatic carbocycles. The second-order valence-electron chi connectivity index (χ2n) is 5.00. The molecule has 2 bridgehead atoms. The first-order chi connectivity index (χ1) is 6.33. The Labute approximate surface area is 79.3 Å². The molecule has 3 aliphatic rings. The molecule has 3 unspecified atom stereocenters. The third kappa shape index (κ3) is 1.23. The van der Waals surface area contributed by atoms with E-state index in [-0.39, 0.29) is 0 Å². The molecular formula is C11H17NO. The Balaban J connectivity index is 1.69. The molecule has 0 radical (unpaired) electrons. The Kier molecular flexibility index (Phi) is 1.72. The zero-order valence-corrected chi connectivity index (χ0v) is 8.04. The molecule has 3 fully saturated rings. The number of hydrogen-bond donors (Lipinski definition) is 0. The number of Topliss-reactive ketones (excluding diaryl/α,β-unsaturated/α-hetero) is 1. The molecule has 0 aromatic carbocycles. The quantitative estimate of drug-likeness (QED) is 0.607. The van der Waals surface area contributed by atoms with Gasteiger partial charge in [-0.1, -0.05) is 6.42 Å². The molecule has 1 aliphatic heterocycles. The fourth-order valence-electron chi connectivity index (χ4n) is 3.59. The summed E-state index contributed by atoms with van der Waals surface area (Å²) < 4.78 is 0. The zero-order valence-electron chi connectivity index (χ0n) is 8.04. The summed E-state index contributed by atoms with van der Waals surface area (Å²) in [5.74, 6) is 2.41. The van der Waals surface area contributed by atoms with Crippen LogP contribution < -0.4 is 0 Å². The van der Waals surface area contributed by atoms with Crippen molar-refractivity contribution in [2.75, 3.05) is 13.1 Å². The fraction of sp³-hybridized carbons (Fsp3) is 0.909. The van der Waals surface area contributed by atoms with Crippen molar-refractivity contribution in [1.29, 1.82) is 0 Å². The van der Waals surface area contributed by atoms with Crippen LogP contribution in [0.3, 0.4) is 0 Å². The molecule has 0 spiro atoms. The number of fused-ring (bicyclic) bond motifs is 2. The molecule has 2 saturated carbocycles. The highest BCUT2D eigenvalue weighted by molar-refractivity contribution is 5.82. The van der Waals surface area contributed by atoms with E-state index in [9.17, 15) is 4.79 Å². The van der Waals surface area contributed by atoms with Crippen molar-refractivity contribution in [3.8, 4) is 0 Å². The molecule has 0 aromatic heterocycles. The SMILES string of the molecule is O=C1CCN(C2CC3CCC2C3)C1. The highest BCUT2D eigenvalue weighted by Gasteiger charge is 2.43. The van der Waals surface area contributed by atoms with E-state index < -0.39 is 0 Å². The van der Waals surface area contributed by atoms with E-state index in [1.54, 1.807) is 0 Å². The minimum atomic E-state index is 0.461. The number of rotatable bonds is 1. The molecule has 72 valence electrons. The average Bonchev–Trinajstić information content (AvgIpc) is 2.77. The summed E-state index contributed by atoms with van der Waals surface area (Å²) in [5, 5.41) is 0. The maximum atomic E-state index is 11.2. The van der Waals surface area contributed by atoms with Crippen LogP contribution >= 0.6 is 0 Å². The van der Waals surface area contributed by atoms with Crippen molar-refractivity contribution in [2.24, 2.45) is 11.8 Å². The van der Waals surface area contributed by atoms with E-state index in [4.69, 9.17) is 0 Å². The number of hydrogen-bond acceptors (Lipinski definition) is 2.